The minimum Gasteiger partial charge on any atom is -0.493 e. The van der Waals surface area contributed by atoms with Crippen LogP contribution in [0.3, 0.4) is 0 Å². The first-order valence-electron chi connectivity index (χ1n) is 15.6. The lowest BCUT2D eigenvalue weighted by Gasteiger charge is -2.35. The molecule has 10 nitrogen and oxygen atoms in total. The average Bonchev–Trinajstić information content (AvgIpc) is 3.27. The van der Waals surface area contributed by atoms with Crippen molar-refractivity contribution >= 4 is 23.1 Å². The van der Waals surface area contributed by atoms with Gasteiger partial charge in [0.05, 0.1) is 60.1 Å². The van der Waals surface area contributed by atoms with E-state index in [4.69, 9.17) is 28.4 Å². The third kappa shape index (κ3) is 5.96. The predicted molar refractivity (Wildman–Crippen MR) is 182 cm³/mol. The lowest BCUT2D eigenvalue weighted by Crippen LogP contribution is -2.38. The number of nitrogens with one attached hydrogen (secondary N) is 1. The van der Waals surface area contributed by atoms with Crippen LogP contribution in [0.5, 0.6) is 34.5 Å². The van der Waals surface area contributed by atoms with Crippen LogP contribution in [-0.4, -0.2) is 54.3 Å². The number of rotatable bonds is 9. The minimum absolute atomic E-state index is 0.119. The van der Waals surface area contributed by atoms with Gasteiger partial charge in [-0.15, -0.1) is 0 Å². The molecule has 254 valence electrons. The third-order valence-corrected chi connectivity index (χ3v) is 8.94. The molecule has 0 bridgehead atoms. The van der Waals surface area contributed by atoms with E-state index in [9.17, 15) is 14.0 Å². The highest BCUT2D eigenvalue weighted by molar-refractivity contribution is 6.12. The molecular formula is C38H37FN2O8. The van der Waals surface area contributed by atoms with Crippen molar-refractivity contribution < 1.29 is 42.4 Å². The number of nitrogens with zero attached hydrogens (tertiary/aromatic N) is 1. The van der Waals surface area contributed by atoms with Gasteiger partial charge in [-0.3, -0.25) is 14.5 Å². The lowest BCUT2D eigenvalue weighted by atomic mass is 9.78. The fourth-order valence-corrected chi connectivity index (χ4v) is 6.72. The standard InChI is InChI=1S/C38H37FN2O8/c1-44-30-17-23(18-31(45-2)36(30)48-5)22-15-27-34(29(42)16-22)35(21-10-9-11-25(39)14-21)41(28-13-8-7-12-26(28)40-27)38(43)24-19-32(46-3)37(49-6)33(20-24)47-4/h7-14,17-20,22,35,40H,15-16H2,1-6H3/t22-,35-/m0/s1. The number of hydrogen-bond donors (Lipinski definition) is 1. The molecule has 2 aliphatic rings. The molecular weight excluding hydrogens is 631 g/mol. The van der Waals surface area contributed by atoms with Crippen molar-refractivity contribution in [3.63, 3.8) is 0 Å². The second-order valence-corrected chi connectivity index (χ2v) is 11.6. The van der Waals surface area contributed by atoms with Crippen molar-refractivity contribution in [3.8, 4) is 34.5 Å². The molecule has 4 aromatic carbocycles. The number of fused-ring (bicyclic) bond motifs is 1. The molecule has 1 amide bonds. The summed E-state index contributed by atoms with van der Waals surface area (Å²) < 4.78 is 48.3. The molecule has 4 aromatic rings. The number of ether oxygens (including phenoxy) is 6. The zero-order valence-corrected chi connectivity index (χ0v) is 28.1. The highest BCUT2D eigenvalue weighted by Gasteiger charge is 2.42. The summed E-state index contributed by atoms with van der Waals surface area (Å²) in [5.74, 6) is 0.871. The quantitative estimate of drug-likeness (QED) is 0.200. The average molecular weight is 669 g/mol. The van der Waals surface area contributed by atoms with Gasteiger partial charge in [0.1, 0.15) is 5.82 Å². The molecule has 11 heteroatoms. The first kappa shape index (κ1) is 33.2. The van der Waals surface area contributed by atoms with E-state index in [1.54, 1.807) is 44.6 Å². The summed E-state index contributed by atoms with van der Waals surface area (Å²) >= 11 is 0. The highest BCUT2D eigenvalue weighted by Crippen LogP contribution is 2.50. The van der Waals surface area contributed by atoms with Crippen LogP contribution in [0.2, 0.25) is 0 Å². The SMILES string of the molecule is COc1cc(C(=O)N2c3ccccc3NC3=C(C(=O)C[C@@H](c4cc(OC)c(OC)c(OC)c4)C3)[C@@H]2c2cccc(F)c2)cc(OC)c1OC. The molecule has 1 heterocycles. The van der Waals surface area contributed by atoms with Crippen LogP contribution in [0.1, 0.15) is 46.3 Å². The van der Waals surface area contributed by atoms with Crippen molar-refractivity contribution in [3.05, 3.63) is 107 Å². The molecule has 1 N–H and O–H groups in total. The maximum atomic E-state index is 15.0. The Hall–Kier alpha value is -5.71. The number of halogens is 1. The Labute approximate surface area is 283 Å². The first-order chi connectivity index (χ1) is 23.8. The van der Waals surface area contributed by atoms with Crippen LogP contribution in [0.15, 0.2) is 84.1 Å². The normalized spacial score (nSPS) is 16.9. The third-order valence-electron chi connectivity index (χ3n) is 8.94. The van der Waals surface area contributed by atoms with E-state index >= 15 is 0 Å². The number of anilines is 2. The number of benzene rings is 4. The number of ketones is 1. The van der Waals surface area contributed by atoms with Gasteiger partial charge in [0.2, 0.25) is 11.5 Å². The maximum absolute atomic E-state index is 15.0. The molecule has 2 atom stereocenters. The molecule has 0 saturated heterocycles. The molecule has 1 aliphatic heterocycles. The summed E-state index contributed by atoms with van der Waals surface area (Å²) in [4.78, 5) is 30.9. The van der Waals surface area contributed by atoms with Crippen LogP contribution < -0.4 is 38.6 Å². The Morgan fingerprint density at radius 3 is 1.88 bits per heavy atom. The molecule has 0 aromatic heterocycles. The molecule has 0 fully saturated rings. The van der Waals surface area contributed by atoms with Crippen molar-refractivity contribution in [1.82, 2.24) is 0 Å². The van der Waals surface area contributed by atoms with E-state index in [1.165, 1.54) is 45.5 Å². The monoisotopic (exact) mass is 668 g/mol. The predicted octanol–water partition coefficient (Wildman–Crippen LogP) is 7.09. The molecule has 0 saturated carbocycles. The Morgan fingerprint density at radius 1 is 0.714 bits per heavy atom. The first-order valence-corrected chi connectivity index (χ1v) is 15.6. The molecule has 1 aliphatic carbocycles. The smallest absolute Gasteiger partial charge is 0.259 e. The van der Waals surface area contributed by atoms with Gasteiger partial charge in [0, 0.05) is 23.3 Å². The van der Waals surface area contributed by atoms with E-state index in [2.05, 4.69) is 5.32 Å². The fourth-order valence-electron chi connectivity index (χ4n) is 6.72. The maximum Gasteiger partial charge on any atom is 0.259 e. The second kappa shape index (κ2) is 13.8. The summed E-state index contributed by atoms with van der Waals surface area (Å²) in [7, 11) is 9.03. The van der Waals surface area contributed by atoms with Gasteiger partial charge in [-0.05, 0) is 72.0 Å². The van der Waals surface area contributed by atoms with Crippen LogP contribution in [-0.2, 0) is 4.79 Å². The number of methoxy groups -OCH3 is 6. The van der Waals surface area contributed by atoms with Gasteiger partial charge >= 0.3 is 0 Å². The zero-order chi connectivity index (χ0) is 34.8. The largest absolute Gasteiger partial charge is 0.493 e. The number of Topliss-reactive ketones (excluding diaryl/α,β-unsaturated/α-hetero) is 1. The molecule has 0 spiro atoms. The van der Waals surface area contributed by atoms with Crippen molar-refractivity contribution in [2.45, 2.75) is 24.8 Å². The van der Waals surface area contributed by atoms with E-state index in [-0.39, 0.29) is 35.2 Å². The number of para-hydroxylation sites is 2. The summed E-state index contributed by atoms with van der Waals surface area (Å²) in [5.41, 5.74) is 3.57. The minimum atomic E-state index is -0.984. The number of amides is 1. The highest BCUT2D eigenvalue weighted by atomic mass is 19.1. The van der Waals surface area contributed by atoms with Gasteiger partial charge < -0.3 is 33.7 Å². The van der Waals surface area contributed by atoms with Crippen molar-refractivity contribution in [2.24, 2.45) is 0 Å². The summed E-state index contributed by atoms with van der Waals surface area (Å²) in [6.07, 6.45) is 0.527. The Balaban J connectivity index is 1.55. The van der Waals surface area contributed by atoms with E-state index < -0.39 is 17.8 Å². The number of carbonyl (C=O) groups is 2. The molecule has 0 radical (unpaired) electrons. The molecule has 49 heavy (non-hydrogen) atoms. The molecule has 0 unspecified atom stereocenters. The van der Waals surface area contributed by atoms with E-state index in [0.717, 1.165) is 5.56 Å². The number of hydrogen-bond acceptors (Lipinski definition) is 9. The second-order valence-electron chi connectivity index (χ2n) is 11.6. The van der Waals surface area contributed by atoms with E-state index in [0.29, 0.717) is 57.6 Å². The Morgan fingerprint density at radius 2 is 1.31 bits per heavy atom. The van der Waals surface area contributed by atoms with E-state index in [1.807, 2.05) is 30.3 Å². The topological polar surface area (TPSA) is 105 Å². The van der Waals surface area contributed by atoms with Crippen LogP contribution in [0.25, 0.3) is 0 Å². The number of carbonyl (C=O) groups excluding carboxylic acids is 2. The van der Waals surface area contributed by atoms with Gasteiger partial charge in [-0.25, -0.2) is 4.39 Å². The lowest BCUT2D eigenvalue weighted by molar-refractivity contribution is -0.116. The van der Waals surface area contributed by atoms with Gasteiger partial charge in [-0.2, -0.15) is 0 Å². The van der Waals surface area contributed by atoms with Gasteiger partial charge in [0.15, 0.2) is 28.8 Å². The summed E-state index contributed by atoms with van der Waals surface area (Å²) in [6.45, 7) is 0. The summed E-state index contributed by atoms with van der Waals surface area (Å²) in [5, 5.41) is 3.50. The number of allylic oxidation sites excluding steroid dienone is 1. The van der Waals surface area contributed by atoms with Gasteiger partial charge in [0.25, 0.3) is 5.91 Å². The van der Waals surface area contributed by atoms with Crippen LogP contribution in [0.4, 0.5) is 15.8 Å². The van der Waals surface area contributed by atoms with Gasteiger partial charge in [-0.1, -0.05) is 24.3 Å². The van der Waals surface area contributed by atoms with Crippen molar-refractivity contribution in [1.29, 1.82) is 0 Å². The fraction of sp³-hybridized carbons (Fsp3) is 0.263. The summed E-state index contributed by atoms with van der Waals surface area (Å²) in [6, 6.07) is 19.1. The Kier molecular flexibility index (Phi) is 9.35. The van der Waals surface area contributed by atoms with Crippen LogP contribution >= 0.6 is 0 Å². The van der Waals surface area contributed by atoms with Crippen LogP contribution in [0, 0.1) is 5.82 Å². The molecule has 6 rings (SSSR count). The van der Waals surface area contributed by atoms with Crippen molar-refractivity contribution in [2.75, 3.05) is 52.9 Å². The Bertz CT molecular complexity index is 1910. The zero-order valence-electron chi connectivity index (χ0n) is 28.1.